The number of benzene rings is 3. The number of rotatable bonds is 8. The highest BCUT2D eigenvalue weighted by Gasteiger charge is 2.23. The standard InChI is InChI=1S/C23H22O4/c1-25-22-11-7-16(12-23(22)27-15-20-14-26-20)6-10-21(24)19-9-8-17-4-2-3-5-18(17)13-19/h2-5,7-9,11-13,20H,6,10,14-15H2,1H3. The molecule has 3 aromatic rings. The zero-order valence-electron chi connectivity index (χ0n) is 15.3. The summed E-state index contributed by atoms with van der Waals surface area (Å²) in [6.45, 7) is 1.28. The molecule has 3 aromatic carbocycles. The highest BCUT2D eigenvalue weighted by atomic mass is 16.6. The van der Waals surface area contributed by atoms with E-state index in [1.807, 2.05) is 54.6 Å². The summed E-state index contributed by atoms with van der Waals surface area (Å²) in [5.74, 6) is 1.54. The Morgan fingerprint density at radius 2 is 1.85 bits per heavy atom. The van der Waals surface area contributed by atoms with Gasteiger partial charge >= 0.3 is 0 Å². The summed E-state index contributed by atoms with van der Waals surface area (Å²) < 4.78 is 16.3. The number of ketones is 1. The second-order valence-corrected chi connectivity index (χ2v) is 6.74. The molecular formula is C23H22O4. The first kappa shape index (κ1) is 17.6. The highest BCUT2D eigenvalue weighted by Crippen LogP contribution is 2.29. The van der Waals surface area contributed by atoms with Gasteiger partial charge in [-0.05, 0) is 41.0 Å². The Morgan fingerprint density at radius 3 is 2.63 bits per heavy atom. The van der Waals surface area contributed by atoms with Crippen LogP contribution in [-0.4, -0.2) is 32.2 Å². The third-order valence-electron chi connectivity index (χ3n) is 4.77. The predicted octanol–water partition coefficient (Wildman–Crippen LogP) is 4.44. The molecule has 0 bridgehead atoms. The summed E-state index contributed by atoms with van der Waals surface area (Å²) in [5.41, 5.74) is 1.81. The molecule has 0 spiro atoms. The first-order chi connectivity index (χ1) is 13.2. The molecule has 138 valence electrons. The van der Waals surface area contributed by atoms with Gasteiger partial charge in [-0.1, -0.05) is 42.5 Å². The Bertz CT molecular complexity index is 960. The molecule has 1 saturated heterocycles. The molecular weight excluding hydrogens is 340 g/mol. The van der Waals surface area contributed by atoms with Crippen molar-refractivity contribution in [3.63, 3.8) is 0 Å². The van der Waals surface area contributed by atoms with Gasteiger partial charge in [-0.3, -0.25) is 4.79 Å². The van der Waals surface area contributed by atoms with E-state index in [0.717, 1.165) is 28.5 Å². The van der Waals surface area contributed by atoms with E-state index >= 15 is 0 Å². The van der Waals surface area contributed by atoms with Gasteiger partial charge < -0.3 is 14.2 Å². The summed E-state index contributed by atoms with van der Waals surface area (Å²) in [7, 11) is 1.62. The van der Waals surface area contributed by atoms with E-state index in [0.29, 0.717) is 30.9 Å². The summed E-state index contributed by atoms with van der Waals surface area (Å²) >= 11 is 0. The van der Waals surface area contributed by atoms with Crippen molar-refractivity contribution in [1.29, 1.82) is 0 Å². The van der Waals surface area contributed by atoms with Gasteiger partial charge in [0.2, 0.25) is 0 Å². The maximum absolute atomic E-state index is 12.6. The Kier molecular flexibility index (Phi) is 5.07. The first-order valence-corrected chi connectivity index (χ1v) is 9.16. The van der Waals surface area contributed by atoms with Crippen LogP contribution >= 0.6 is 0 Å². The maximum atomic E-state index is 12.6. The zero-order chi connectivity index (χ0) is 18.6. The molecule has 4 heteroatoms. The van der Waals surface area contributed by atoms with Gasteiger partial charge in [0.15, 0.2) is 17.3 Å². The molecule has 1 heterocycles. The van der Waals surface area contributed by atoms with Crippen molar-refractivity contribution in [3.8, 4) is 11.5 Å². The normalized spacial score (nSPS) is 15.5. The van der Waals surface area contributed by atoms with Crippen LogP contribution in [0.4, 0.5) is 0 Å². The van der Waals surface area contributed by atoms with Gasteiger partial charge in [0, 0.05) is 12.0 Å². The minimum atomic E-state index is 0.144. The van der Waals surface area contributed by atoms with Crippen LogP contribution in [0.15, 0.2) is 60.7 Å². The van der Waals surface area contributed by atoms with E-state index < -0.39 is 0 Å². The topological polar surface area (TPSA) is 48.1 Å². The quantitative estimate of drug-likeness (QED) is 0.439. The van der Waals surface area contributed by atoms with Crippen LogP contribution < -0.4 is 9.47 Å². The molecule has 27 heavy (non-hydrogen) atoms. The lowest BCUT2D eigenvalue weighted by Crippen LogP contribution is -2.06. The van der Waals surface area contributed by atoms with Gasteiger partial charge in [-0.15, -0.1) is 0 Å². The number of carbonyl (C=O) groups is 1. The van der Waals surface area contributed by atoms with Gasteiger partial charge in [0.05, 0.1) is 13.7 Å². The molecule has 4 rings (SSSR count). The zero-order valence-corrected chi connectivity index (χ0v) is 15.3. The SMILES string of the molecule is COc1ccc(CCC(=O)c2ccc3ccccc3c2)cc1OCC1CO1. The van der Waals surface area contributed by atoms with E-state index in [1.54, 1.807) is 7.11 Å². The van der Waals surface area contributed by atoms with E-state index in [9.17, 15) is 4.79 Å². The Hall–Kier alpha value is -2.85. The molecule has 1 aliphatic rings. The molecule has 1 aliphatic heterocycles. The number of hydrogen-bond acceptors (Lipinski definition) is 4. The smallest absolute Gasteiger partial charge is 0.163 e. The van der Waals surface area contributed by atoms with Crippen molar-refractivity contribution in [3.05, 3.63) is 71.8 Å². The predicted molar refractivity (Wildman–Crippen MR) is 105 cm³/mol. The lowest BCUT2D eigenvalue weighted by molar-refractivity contribution is 0.0983. The van der Waals surface area contributed by atoms with Crippen molar-refractivity contribution in [1.82, 2.24) is 0 Å². The second kappa shape index (κ2) is 7.80. The van der Waals surface area contributed by atoms with Crippen molar-refractivity contribution in [2.24, 2.45) is 0 Å². The Balaban J connectivity index is 1.43. The van der Waals surface area contributed by atoms with E-state index in [2.05, 4.69) is 6.07 Å². The average molecular weight is 362 g/mol. The van der Waals surface area contributed by atoms with Crippen molar-refractivity contribution in [2.75, 3.05) is 20.3 Å². The van der Waals surface area contributed by atoms with Crippen molar-refractivity contribution >= 4 is 16.6 Å². The molecule has 4 nitrogen and oxygen atoms in total. The Labute approximate surface area is 158 Å². The minimum absolute atomic E-state index is 0.144. The van der Waals surface area contributed by atoms with Gasteiger partial charge in [-0.2, -0.15) is 0 Å². The molecule has 0 N–H and O–H groups in total. The summed E-state index contributed by atoms with van der Waals surface area (Å²) in [5, 5.41) is 2.23. The summed E-state index contributed by atoms with van der Waals surface area (Å²) in [6.07, 6.45) is 1.30. The third-order valence-corrected chi connectivity index (χ3v) is 4.77. The third kappa shape index (κ3) is 4.29. The van der Waals surface area contributed by atoms with E-state index in [-0.39, 0.29) is 11.9 Å². The first-order valence-electron chi connectivity index (χ1n) is 9.16. The summed E-state index contributed by atoms with van der Waals surface area (Å²) in [6, 6.07) is 19.8. The van der Waals surface area contributed by atoms with Gasteiger partial charge in [-0.25, -0.2) is 0 Å². The van der Waals surface area contributed by atoms with Gasteiger partial charge in [0.1, 0.15) is 12.7 Å². The molecule has 0 saturated carbocycles. The molecule has 1 unspecified atom stereocenters. The van der Waals surface area contributed by atoms with Crippen LogP contribution in [0, 0.1) is 0 Å². The highest BCUT2D eigenvalue weighted by molar-refractivity contribution is 6.00. The Morgan fingerprint density at radius 1 is 1.04 bits per heavy atom. The minimum Gasteiger partial charge on any atom is -0.493 e. The van der Waals surface area contributed by atoms with Crippen molar-refractivity contribution < 1.29 is 19.0 Å². The number of Topliss-reactive ketones (excluding diaryl/α,β-unsaturated/α-hetero) is 1. The molecule has 0 aliphatic carbocycles. The number of ether oxygens (including phenoxy) is 3. The fourth-order valence-electron chi connectivity index (χ4n) is 3.10. The van der Waals surface area contributed by atoms with E-state index in [4.69, 9.17) is 14.2 Å². The number of aryl methyl sites for hydroxylation is 1. The molecule has 0 amide bonds. The van der Waals surface area contributed by atoms with Crippen LogP contribution in [0.5, 0.6) is 11.5 Å². The van der Waals surface area contributed by atoms with Crippen LogP contribution in [0.1, 0.15) is 22.3 Å². The summed E-state index contributed by atoms with van der Waals surface area (Å²) in [4.78, 5) is 12.6. The number of fused-ring (bicyclic) bond motifs is 1. The molecule has 1 fully saturated rings. The molecule has 0 radical (unpaired) electrons. The van der Waals surface area contributed by atoms with Gasteiger partial charge in [0.25, 0.3) is 0 Å². The lowest BCUT2D eigenvalue weighted by Gasteiger charge is -2.11. The monoisotopic (exact) mass is 362 g/mol. The average Bonchev–Trinajstić information content (AvgIpc) is 3.54. The second-order valence-electron chi connectivity index (χ2n) is 6.74. The van der Waals surface area contributed by atoms with Crippen LogP contribution in [-0.2, 0) is 11.2 Å². The maximum Gasteiger partial charge on any atom is 0.163 e. The van der Waals surface area contributed by atoms with Crippen LogP contribution in [0.25, 0.3) is 10.8 Å². The molecule has 0 aromatic heterocycles. The molecule has 1 atom stereocenters. The van der Waals surface area contributed by atoms with Crippen LogP contribution in [0.3, 0.4) is 0 Å². The van der Waals surface area contributed by atoms with Crippen molar-refractivity contribution in [2.45, 2.75) is 18.9 Å². The fraction of sp³-hybridized carbons (Fsp3) is 0.261. The number of carbonyl (C=O) groups excluding carboxylic acids is 1. The fourth-order valence-corrected chi connectivity index (χ4v) is 3.10. The largest absolute Gasteiger partial charge is 0.493 e. The number of hydrogen-bond donors (Lipinski definition) is 0. The lowest BCUT2D eigenvalue weighted by atomic mass is 10.00. The number of methoxy groups -OCH3 is 1. The number of epoxide rings is 1. The van der Waals surface area contributed by atoms with Crippen LogP contribution in [0.2, 0.25) is 0 Å². The van der Waals surface area contributed by atoms with E-state index in [1.165, 1.54) is 0 Å².